The third kappa shape index (κ3) is 2.58. The lowest BCUT2D eigenvalue weighted by molar-refractivity contribution is 0.0556. The highest BCUT2D eigenvalue weighted by atomic mass is 35.5. The Bertz CT molecular complexity index is 667. The van der Waals surface area contributed by atoms with Crippen molar-refractivity contribution < 1.29 is 9.63 Å². The smallest absolute Gasteiger partial charge is 0.206 e. The number of halogens is 1. The van der Waals surface area contributed by atoms with E-state index in [1.54, 1.807) is 24.3 Å². The predicted octanol–water partition coefficient (Wildman–Crippen LogP) is 3.72. The Kier molecular flexibility index (Phi) is 3.52. The van der Waals surface area contributed by atoms with Crippen LogP contribution < -0.4 is 0 Å². The van der Waals surface area contributed by atoms with Crippen LogP contribution in [0.4, 0.5) is 0 Å². The van der Waals surface area contributed by atoms with E-state index in [0.29, 0.717) is 17.0 Å². The molecule has 0 aliphatic carbocycles. The molecule has 1 unspecified atom stereocenters. The van der Waals surface area contributed by atoms with Gasteiger partial charge in [-0.05, 0) is 17.7 Å². The minimum absolute atomic E-state index is 0.0952. The van der Waals surface area contributed by atoms with Crippen molar-refractivity contribution in [3.8, 4) is 0 Å². The second-order valence-corrected chi connectivity index (χ2v) is 5.01. The maximum Gasteiger partial charge on any atom is 0.206 e. The molecule has 20 heavy (non-hydrogen) atoms. The first-order valence-electron chi connectivity index (χ1n) is 6.32. The van der Waals surface area contributed by atoms with E-state index in [1.165, 1.54) is 0 Å². The first kappa shape index (κ1) is 12.9. The van der Waals surface area contributed by atoms with Gasteiger partial charge in [0.2, 0.25) is 5.78 Å². The van der Waals surface area contributed by atoms with Crippen LogP contribution in [0.3, 0.4) is 0 Å². The summed E-state index contributed by atoms with van der Waals surface area (Å²) in [6.45, 7) is 0. The Labute approximate surface area is 121 Å². The molecule has 3 nitrogen and oxygen atoms in total. The monoisotopic (exact) mass is 285 g/mol. The van der Waals surface area contributed by atoms with Crippen LogP contribution in [-0.4, -0.2) is 17.6 Å². The summed E-state index contributed by atoms with van der Waals surface area (Å²) in [7, 11) is 0. The van der Waals surface area contributed by atoms with Crippen LogP contribution >= 0.6 is 11.6 Å². The standard InChI is InChI=1S/C16H12ClNO2/c17-13-8-4-7-12(9-13)16(19)15-10-14(18-20-15)11-5-2-1-3-6-11/h1-9,15H,10H2. The van der Waals surface area contributed by atoms with Gasteiger partial charge in [0.25, 0.3) is 0 Å². The largest absolute Gasteiger partial charge is 0.383 e. The molecule has 1 aliphatic heterocycles. The molecule has 2 aromatic rings. The summed E-state index contributed by atoms with van der Waals surface area (Å²) in [5, 5.41) is 4.56. The number of oxime groups is 1. The van der Waals surface area contributed by atoms with E-state index in [-0.39, 0.29) is 5.78 Å². The van der Waals surface area contributed by atoms with Crippen LogP contribution in [0, 0.1) is 0 Å². The van der Waals surface area contributed by atoms with E-state index in [2.05, 4.69) is 5.16 Å². The van der Waals surface area contributed by atoms with Crippen LogP contribution in [0.15, 0.2) is 59.8 Å². The quantitative estimate of drug-likeness (QED) is 0.806. The molecule has 3 rings (SSSR count). The summed E-state index contributed by atoms with van der Waals surface area (Å²) in [4.78, 5) is 17.6. The molecule has 1 atom stereocenters. The molecule has 1 aliphatic rings. The van der Waals surface area contributed by atoms with Crippen molar-refractivity contribution in [3.63, 3.8) is 0 Å². The van der Waals surface area contributed by atoms with E-state index in [4.69, 9.17) is 16.4 Å². The van der Waals surface area contributed by atoms with E-state index in [1.807, 2.05) is 30.3 Å². The Morgan fingerprint density at radius 1 is 1.15 bits per heavy atom. The summed E-state index contributed by atoms with van der Waals surface area (Å²) >= 11 is 5.90. The summed E-state index contributed by atoms with van der Waals surface area (Å²) in [5.74, 6) is -0.0952. The van der Waals surface area contributed by atoms with Crippen molar-refractivity contribution in [3.05, 3.63) is 70.7 Å². The van der Waals surface area contributed by atoms with Gasteiger partial charge in [0.1, 0.15) is 0 Å². The number of ketones is 1. The van der Waals surface area contributed by atoms with Crippen molar-refractivity contribution in [2.75, 3.05) is 0 Å². The average molecular weight is 286 g/mol. The summed E-state index contributed by atoms with van der Waals surface area (Å²) in [6, 6.07) is 16.6. The minimum atomic E-state index is -0.566. The van der Waals surface area contributed by atoms with E-state index in [9.17, 15) is 4.79 Å². The maximum atomic E-state index is 12.3. The fraction of sp³-hybridized carbons (Fsp3) is 0.125. The lowest BCUT2D eigenvalue weighted by Crippen LogP contribution is -2.21. The van der Waals surface area contributed by atoms with E-state index in [0.717, 1.165) is 11.3 Å². The molecule has 0 spiro atoms. The Morgan fingerprint density at radius 3 is 2.70 bits per heavy atom. The van der Waals surface area contributed by atoms with Crippen LogP contribution in [0.25, 0.3) is 0 Å². The molecule has 0 saturated carbocycles. The molecule has 0 amide bonds. The first-order chi connectivity index (χ1) is 9.74. The van der Waals surface area contributed by atoms with Crippen LogP contribution in [0.1, 0.15) is 22.3 Å². The number of nitrogens with zero attached hydrogens (tertiary/aromatic N) is 1. The fourth-order valence-corrected chi connectivity index (χ4v) is 2.34. The van der Waals surface area contributed by atoms with Crippen LogP contribution in [0.2, 0.25) is 5.02 Å². The molecule has 100 valence electrons. The molecule has 0 bridgehead atoms. The van der Waals surface area contributed by atoms with Gasteiger partial charge in [0, 0.05) is 17.0 Å². The van der Waals surface area contributed by atoms with Gasteiger partial charge in [-0.15, -0.1) is 0 Å². The zero-order valence-electron chi connectivity index (χ0n) is 10.6. The highest BCUT2D eigenvalue weighted by Crippen LogP contribution is 2.21. The van der Waals surface area contributed by atoms with Gasteiger partial charge in [0.05, 0.1) is 5.71 Å². The Balaban J connectivity index is 1.75. The summed E-state index contributed by atoms with van der Waals surface area (Å²) < 4.78 is 0. The van der Waals surface area contributed by atoms with Gasteiger partial charge in [-0.2, -0.15) is 0 Å². The number of Topliss-reactive ketones (excluding diaryl/α,β-unsaturated/α-hetero) is 1. The molecule has 4 heteroatoms. The van der Waals surface area contributed by atoms with Gasteiger partial charge in [-0.3, -0.25) is 4.79 Å². The molecule has 0 N–H and O–H groups in total. The molecule has 2 aromatic carbocycles. The Morgan fingerprint density at radius 2 is 1.95 bits per heavy atom. The molecule has 0 fully saturated rings. The topological polar surface area (TPSA) is 38.7 Å². The van der Waals surface area contributed by atoms with Gasteiger partial charge in [-0.25, -0.2) is 0 Å². The number of hydrogen-bond donors (Lipinski definition) is 0. The maximum absolute atomic E-state index is 12.3. The zero-order chi connectivity index (χ0) is 13.9. The van der Waals surface area contributed by atoms with Crippen LogP contribution in [0.5, 0.6) is 0 Å². The van der Waals surface area contributed by atoms with Crippen molar-refractivity contribution in [1.82, 2.24) is 0 Å². The van der Waals surface area contributed by atoms with Crippen molar-refractivity contribution in [2.24, 2.45) is 5.16 Å². The number of carbonyl (C=O) groups excluding carboxylic acids is 1. The molecule has 0 aromatic heterocycles. The van der Waals surface area contributed by atoms with E-state index < -0.39 is 6.10 Å². The molecular weight excluding hydrogens is 274 g/mol. The second-order valence-electron chi connectivity index (χ2n) is 4.58. The van der Waals surface area contributed by atoms with Crippen LogP contribution in [-0.2, 0) is 4.84 Å². The average Bonchev–Trinajstić information content (AvgIpc) is 2.97. The minimum Gasteiger partial charge on any atom is -0.383 e. The second kappa shape index (κ2) is 5.47. The normalized spacial score (nSPS) is 17.4. The van der Waals surface area contributed by atoms with Gasteiger partial charge >= 0.3 is 0 Å². The number of hydrogen-bond acceptors (Lipinski definition) is 3. The number of carbonyl (C=O) groups is 1. The van der Waals surface area contributed by atoms with Gasteiger partial charge in [-0.1, -0.05) is 59.2 Å². The lowest BCUT2D eigenvalue weighted by Gasteiger charge is -2.07. The lowest BCUT2D eigenvalue weighted by atomic mass is 9.99. The van der Waals surface area contributed by atoms with E-state index >= 15 is 0 Å². The zero-order valence-corrected chi connectivity index (χ0v) is 11.4. The summed E-state index contributed by atoms with van der Waals surface area (Å²) in [5.41, 5.74) is 2.33. The third-order valence-corrected chi connectivity index (χ3v) is 3.41. The molecule has 0 saturated heterocycles. The first-order valence-corrected chi connectivity index (χ1v) is 6.70. The predicted molar refractivity (Wildman–Crippen MR) is 78.3 cm³/mol. The highest BCUT2D eigenvalue weighted by Gasteiger charge is 2.29. The van der Waals surface area contributed by atoms with Crippen molar-refractivity contribution in [1.29, 1.82) is 0 Å². The number of rotatable bonds is 3. The summed E-state index contributed by atoms with van der Waals surface area (Å²) in [6.07, 6.45) is -0.0845. The fourth-order valence-electron chi connectivity index (χ4n) is 2.15. The molecular formula is C16H12ClNO2. The third-order valence-electron chi connectivity index (χ3n) is 3.18. The molecule has 1 heterocycles. The van der Waals surface area contributed by atoms with Crippen molar-refractivity contribution >= 4 is 23.1 Å². The van der Waals surface area contributed by atoms with Gasteiger partial charge < -0.3 is 4.84 Å². The van der Waals surface area contributed by atoms with Crippen molar-refractivity contribution in [2.45, 2.75) is 12.5 Å². The number of benzene rings is 2. The SMILES string of the molecule is O=C(c1cccc(Cl)c1)C1CC(c2ccccc2)=NO1. The Hall–Kier alpha value is -2.13. The highest BCUT2D eigenvalue weighted by molar-refractivity contribution is 6.31. The van der Waals surface area contributed by atoms with Gasteiger partial charge in [0.15, 0.2) is 6.10 Å². The molecule has 0 radical (unpaired) electrons.